The Morgan fingerprint density at radius 3 is 2.49 bits per heavy atom. The molecule has 0 aromatic heterocycles. The molecule has 3 aliphatic rings. The van der Waals surface area contributed by atoms with Crippen molar-refractivity contribution >= 4 is 29.1 Å². The Hall–Kier alpha value is -2.65. The van der Waals surface area contributed by atoms with Gasteiger partial charge in [-0.05, 0) is 76.6 Å². The van der Waals surface area contributed by atoms with Gasteiger partial charge >= 0.3 is 0 Å². The first-order chi connectivity index (χ1) is 17.9. The highest BCUT2D eigenvalue weighted by Crippen LogP contribution is 2.58. The van der Waals surface area contributed by atoms with Crippen molar-refractivity contribution in [3.8, 4) is 0 Å². The maximum Gasteiger partial charge on any atom is 0.250 e. The first-order valence-corrected chi connectivity index (χ1v) is 13.9. The second-order valence-electron chi connectivity index (χ2n) is 10.4. The van der Waals surface area contributed by atoms with E-state index in [1.165, 1.54) is 0 Å². The Morgan fingerprint density at radius 1 is 1.11 bits per heavy atom. The highest BCUT2D eigenvalue weighted by atomic mass is 16.5. The first kappa shape index (κ1) is 27.4. The molecule has 1 spiro atoms. The van der Waals surface area contributed by atoms with Crippen LogP contribution < -0.4 is 15.5 Å². The van der Waals surface area contributed by atoms with E-state index in [0.29, 0.717) is 44.5 Å². The third kappa shape index (κ3) is 5.08. The highest BCUT2D eigenvalue weighted by molar-refractivity contribution is 6.03. The smallest absolute Gasteiger partial charge is 0.250 e. The normalized spacial score (nSPS) is 27.9. The van der Waals surface area contributed by atoms with E-state index in [4.69, 9.17) is 4.74 Å². The molecule has 3 heterocycles. The van der Waals surface area contributed by atoms with Gasteiger partial charge in [0, 0.05) is 44.2 Å². The number of likely N-dealkylation sites (tertiary alicyclic amines) is 1. The summed E-state index contributed by atoms with van der Waals surface area (Å²) in [7, 11) is 0. The molecule has 0 aliphatic carbocycles. The molecule has 3 saturated heterocycles. The number of fused-ring (bicyclic) bond motifs is 1. The first-order valence-electron chi connectivity index (χ1n) is 13.9. The number of amides is 3. The van der Waals surface area contributed by atoms with Crippen LogP contribution in [0.25, 0.3) is 0 Å². The standard InChI is InChI=1S/C28H42N4O5/c1-4-16-29-25(34)22-21-14-15-28(37-21)23(22)27(36)32(17-8-7-9-18-33)24(28)26(35)30-19-10-12-20(13-11-19)31(5-2)6-3/h10-13,21-24,33H,4-9,14-18H2,1-3H3,(H,29,34)(H,30,35)/t21-,22+,23-,24?,28?/m0/s1. The number of benzene rings is 1. The summed E-state index contributed by atoms with van der Waals surface area (Å²) in [6.07, 6.45) is 3.78. The van der Waals surface area contributed by atoms with Crippen LogP contribution in [0.1, 0.15) is 59.3 Å². The van der Waals surface area contributed by atoms with Gasteiger partial charge in [-0.2, -0.15) is 0 Å². The third-order valence-corrected chi connectivity index (χ3v) is 8.22. The molecule has 3 amide bonds. The van der Waals surface area contributed by atoms with Gasteiger partial charge in [-0.1, -0.05) is 6.92 Å². The zero-order valence-electron chi connectivity index (χ0n) is 22.4. The van der Waals surface area contributed by atoms with Crippen molar-refractivity contribution in [1.82, 2.24) is 10.2 Å². The maximum absolute atomic E-state index is 13.8. The van der Waals surface area contributed by atoms with Crippen LogP contribution in [0.5, 0.6) is 0 Å². The molecular weight excluding hydrogens is 472 g/mol. The number of nitrogens with one attached hydrogen (secondary N) is 2. The molecule has 0 saturated carbocycles. The minimum atomic E-state index is -0.988. The molecule has 3 N–H and O–H groups in total. The van der Waals surface area contributed by atoms with Crippen LogP contribution in [0, 0.1) is 11.8 Å². The predicted octanol–water partition coefficient (Wildman–Crippen LogP) is 2.53. The zero-order chi connectivity index (χ0) is 26.6. The molecule has 4 rings (SSSR count). The van der Waals surface area contributed by atoms with Gasteiger partial charge in [0.1, 0.15) is 11.6 Å². The summed E-state index contributed by atoms with van der Waals surface area (Å²) in [4.78, 5) is 44.6. The highest BCUT2D eigenvalue weighted by Gasteiger charge is 2.74. The summed E-state index contributed by atoms with van der Waals surface area (Å²) in [5, 5.41) is 15.2. The number of hydrogen-bond acceptors (Lipinski definition) is 6. The lowest BCUT2D eigenvalue weighted by Crippen LogP contribution is -2.53. The average Bonchev–Trinajstić information content (AvgIpc) is 3.54. The van der Waals surface area contributed by atoms with Crippen molar-refractivity contribution in [2.75, 3.05) is 43.0 Å². The summed E-state index contributed by atoms with van der Waals surface area (Å²) >= 11 is 0. The van der Waals surface area contributed by atoms with Gasteiger partial charge in [-0.3, -0.25) is 14.4 Å². The van der Waals surface area contributed by atoms with E-state index in [2.05, 4.69) is 29.4 Å². The van der Waals surface area contributed by atoms with Gasteiger partial charge in [0.05, 0.1) is 17.9 Å². The van der Waals surface area contributed by atoms with E-state index in [1.54, 1.807) is 4.90 Å². The third-order valence-electron chi connectivity index (χ3n) is 8.22. The number of unbranched alkanes of at least 4 members (excludes halogenated alkanes) is 2. The van der Waals surface area contributed by atoms with Crippen LogP contribution in [0.15, 0.2) is 24.3 Å². The maximum atomic E-state index is 13.8. The number of aliphatic hydroxyl groups is 1. The molecule has 3 fully saturated rings. The van der Waals surface area contributed by atoms with Crippen molar-refractivity contribution in [3.05, 3.63) is 24.3 Å². The van der Waals surface area contributed by atoms with Gasteiger partial charge in [-0.25, -0.2) is 0 Å². The van der Waals surface area contributed by atoms with Gasteiger partial charge in [-0.15, -0.1) is 0 Å². The van der Waals surface area contributed by atoms with Gasteiger partial charge in [0.25, 0.3) is 0 Å². The molecule has 9 nitrogen and oxygen atoms in total. The largest absolute Gasteiger partial charge is 0.396 e. The van der Waals surface area contributed by atoms with Crippen LogP contribution in [-0.4, -0.2) is 78.3 Å². The summed E-state index contributed by atoms with van der Waals surface area (Å²) in [5.74, 6) is -1.82. The molecule has 5 atom stereocenters. The lowest BCUT2D eigenvalue weighted by atomic mass is 9.70. The van der Waals surface area contributed by atoms with E-state index in [-0.39, 0.29) is 30.4 Å². The number of hydrogen-bond donors (Lipinski definition) is 3. The van der Waals surface area contributed by atoms with Crippen molar-refractivity contribution in [1.29, 1.82) is 0 Å². The number of carbonyl (C=O) groups is 3. The van der Waals surface area contributed by atoms with E-state index in [9.17, 15) is 19.5 Å². The molecule has 1 aromatic rings. The van der Waals surface area contributed by atoms with Crippen LogP contribution >= 0.6 is 0 Å². The Labute approximate surface area is 219 Å². The van der Waals surface area contributed by atoms with Crippen LogP contribution in [-0.2, 0) is 19.1 Å². The monoisotopic (exact) mass is 514 g/mol. The Balaban J connectivity index is 1.58. The molecule has 204 valence electrons. The predicted molar refractivity (Wildman–Crippen MR) is 142 cm³/mol. The fourth-order valence-electron chi connectivity index (χ4n) is 6.49. The summed E-state index contributed by atoms with van der Waals surface area (Å²) < 4.78 is 6.45. The van der Waals surface area contributed by atoms with Crippen LogP contribution in [0.2, 0.25) is 0 Å². The fraction of sp³-hybridized carbons (Fsp3) is 0.679. The summed E-state index contributed by atoms with van der Waals surface area (Å²) in [6.45, 7) is 9.03. The van der Waals surface area contributed by atoms with Crippen LogP contribution in [0.3, 0.4) is 0 Å². The Morgan fingerprint density at radius 2 is 1.84 bits per heavy atom. The fourth-order valence-corrected chi connectivity index (χ4v) is 6.49. The molecule has 3 aliphatic heterocycles. The lowest BCUT2D eigenvalue weighted by Gasteiger charge is -2.33. The molecule has 37 heavy (non-hydrogen) atoms. The van der Waals surface area contributed by atoms with E-state index < -0.39 is 23.5 Å². The zero-order valence-corrected chi connectivity index (χ0v) is 22.4. The number of nitrogens with zero attached hydrogens (tertiary/aromatic N) is 2. The van der Waals surface area contributed by atoms with Crippen molar-refractivity contribution in [3.63, 3.8) is 0 Å². The summed E-state index contributed by atoms with van der Waals surface area (Å²) in [5.41, 5.74) is 0.762. The van der Waals surface area contributed by atoms with Crippen molar-refractivity contribution in [2.45, 2.75) is 77.0 Å². The summed E-state index contributed by atoms with van der Waals surface area (Å²) in [6, 6.07) is 6.95. The average molecular weight is 515 g/mol. The van der Waals surface area contributed by atoms with Crippen molar-refractivity contribution < 1.29 is 24.2 Å². The van der Waals surface area contributed by atoms with Gasteiger partial charge < -0.3 is 30.3 Å². The van der Waals surface area contributed by atoms with Gasteiger partial charge in [0.2, 0.25) is 17.7 Å². The molecular formula is C28H42N4O5. The Bertz CT molecular complexity index is 966. The molecule has 2 bridgehead atoms. The Kier molecular flexibility index (Phi) is 8.75. The molecule has 0 radical (unpaired) electrons. The van der Waals surface area contributed by atoms with E-state index in [0.717, 1.165) is 31.6 Å². The number of anilines is 2. The number of ether oxygens (including phenoxy) is 1. The lowest BCUT2D eigenvalue weighted by molar-refractivity contribution is -0.140. The minimum Gasteiger partial charge on any atom is -0.396 e. The number of rotatable bonds is 13. The van der Waals surface area contributed by atoms with Gasteiger partial charge in [0.15, 0.2) is 0 Å². The number of carbonyl (C=O) groups excluding carboxylic acids is 3. The van der Waals surface area contributed by atoms with E-state index >= 15 is 0 Å². The molecule has 9 heteroatoms. The quantitative estimate of drug-likeness (QED) is 0.349. The second-order valence-corrected chi connectivity index (χ2v) is 10.4. The SMILES string of the molecule is CCCNC(=O)[C@@H]1[C@@H]2CCC3(O2)C(C(=O)Nc2ccc(N(CC)CC)cc2)N(CCCCCO)C(=O)[C@H]13. The van der Waals surface area contributed by atoms with Crippen LogP contribution in [0.4, 0.5) is 11.4 Å². The molecule has 2 unspecified atom stereocenters. The minimum absolute atomic E-state index is 0.0956. The molecule has 1 aromatic carbocycles. The van der Waals surface area contributed by atoms with E-state index in [1.807, 2.05) is 31.2 Å². The number of aliphatic hydroxyl groups excluding tert-OH is 1. The second kappa shape index (κ2) is 11.8. The topological polar surface area (TPSA) is 111 Å². The van der Waals surface area contributed by atoms with Crippen molar-refractivity contribution in [2.24, 2.45) is 11.8 Å².